The summed E-state index contributed by atoms with van der Waals surface area (Å²) in [4.78, 5) is 10.4. The number of aliphatic carboxylic acids is 1. The van der Waals surface area contributed by atoms with Crippen molar-refractivity contribution in [2.75, 3.05) is 7.11 Å². The minimum Gasteiger partial charge on any atom is -0.492 e. The van der Waals surface area contributed by atoms with Gasteiger partial charge in [0.25, 0.3) is 0 Å². The van der Waals surface area contributed by atoms with Crippen molar-refractivity contribution in [3.05, 3.63) is 28.0 Å². The van der Waals surface area contributed by atoms with E-state index in [1.54, 1.807) is 13.0 Å². The van der Waals surface area contributed by atoms with Crippen LogP contribution in [0.3, 0.4) is 0 Å². The van der Waals surface area contributed by atoms with Gasteiger partial charge in [-0.15, -0.1) is 0 Å². The van der Waals surface area contributed by atoms with Crippen molar-refractivity contribution >= 4 is 17.6 Å². The number of ether oxygens (including phenoxy) is 1. The number of hydrogen-bond acceptors (Lipinski definition) is 2. The van der Waals surface area contributed by atoms with E-state index >= 15 is 0 Å². The summed E-state index contributed by atoms with van der Waals surface area (Å²) in [5.41, 5.74) is 0.974. The predicted molar refractivity (Wildman–Crippen MR) is 58.7 cm³/mol. The van der Waals surface area contributed by atoms with E-state index in [9.17, 15) is 9.18 Å². The molecule has 0 spiro atoms. The van der Waals surface area contributed by atoms with Crippen LogP contribution in [-0.2, 0) is 11.2 Å². The molecule has 0 aromatic heterocycles. The SMILES string of the molecule is COc1c(F)c(CCC(=O)O)cc(C)c1Cl. The number of halogens is 2. The molecule has 0 aliphatic heterocycles. The van der Waals surface area contributed by atoms with Crippen molar-refractivity contribution in [1.29, 1.82) is 0 Å². The van der Waals surface area contributed by atoms with Gasteiger partial charge in [-0.2, -0.15) is 0 Å². The van der Waals surface area contributed by atoms with E-state index in [1.165, 1.54) is 7.11 Å². The third-order valence-electron chi connectivity index (χ3n) is 2.23. The van der Waals surface area contributed by atoms with Crippen molar-refractivity contribution in [1.82, 2.24) is 0 Å². The fraction of sp³-hybridized carbons (Fsp3) is 0.364. The number of rotatable bonds is 4. The Morgan fingerprint density at radius 2 is 2.25 bits per heavy atom. The summed E-state index contributed by atoms with van der Waals surface area (Å²) in [6.45, 7) is 1.72. The molecule has 0 saturated carbocycles. The van der Waals surface area contributed by atoms with Gasteiger partial charge in [-0.25, -0.2) is 4.39 Å². The van der Waals surface area contributed by atoms with Crippen LogP contribution in [0.2, 0.25) is 5.02 Å². The molecule has 0 aliphatic rings. The molecule has 0 saturated heterocycles. The molecule has 5 heteroatoms. The van der Waals surface area contributed by atoms with Crippen LogP contribution >= 0.6 is 11.6 Å². The third-order valence-corrected chi connectivity index (χ3v) is 2.70. The number of methoxy groups -OCH3 is 1. The zero-order valence-electron chi connectivity index (χ0n) is 9.01. The Morgan fingerprint density at radius 3 is 2.75 bits per heavy atom. The van der Waals surface area contributed by atoms with Gasteiger partial charge in [0.2, 0.25) is 0 Å². The summed E-state index contributed by atoms with van der Waals surface area (Å²) >= 11 is 5.85. The third kappa shape index (κ3) is 2.64. The van der Waals surface area contributed by atoms with E-state index in [0.29, 0.717) is 11.1 Å². The van der Waals surface area contributed by atoms with Crippen molar-refractivity contribution in [2.24, 2.45) is 0 Å². The molecule has 0 unspecified atom stereocenters. The standard InChI is InChI=1S/C11H12ClFO3/c1-6-5-7(3-4-8(14)15)10(13)11(16-2)9(6)12/h5H,3-4H2,1-2H3,(H,14,15). The zero-order valence-corrected chi connectivity index (χ0v) is 9.77. The fourth-order valence-corrected chi connectivity index (χ4v) is 1.63. The number of carbonyl (C=O) groups is 1. The first kappa shape index (κ1) is 12.8. The fourth-order valence-electron chi connectivity index (χ4n) is 1.41. The summed E-state index contributed by atoms with van der Waals surface area (Å²) in [5, 5.41) is 8.76. The molecule has 3 nitrogen and oxygen atoms in total. The summed E-state index contributed by atoms with van der Waals surface area (Å²) < 4.78 is 18.6. The quantitative estimate of drug-likeness (QED) is 0.889. The van der Waals surface area contributed by atoms with E-state index < -0.39 is 11.8 Å². The number of carboxylic acid groups (broad SMARTS) is 1. The molecule has 1 rings (SSSR count). The maximum atomic E-state index is 13.8. The average Bonchev–Trinajstić information content (AvgIpc) is 2.22. The lowest BCUT2D eigenvalue weighted by molar-refractivity contribution is -0.136. The minimum atomic E-state index is -0.967. The average molecular weight is 247 g/mol. The van der Waals surface area contributed by atoms with E-state index in [-0.39, 0.29) is 23.6 Å². The van der Waals surface area contributed by atoms with Crippen LogP contribution in [0.15, 0.2) is 6.07 Å². The molecule has 0 amide bonds. The highest BCUT2D eigenvalue weighted by Crippen LogP contribution is 2.33. The van der Waals surface area contributed by atoms with Gasteiger partial charge in [0.15, 0.2) is 11.6 Å². The molecule has 0 bridgehead atoms. The van der Waals surface area contributed by atoms with Crippen molar-refractivity contribution in [3.63, 3.8) is 0 Å². The Labute approximate surface area is 97.8 Å². The second kappa shape index (κ2) is 5.16. The smallest absolute Gasteiger partial charge is 0.303 e. The lowest BCUT2D eigenvalue weighted by Crippen LogP contribution is -2.02. The van der Waals surface area contributed by atoms with Crippen LogP contribution in [0.5, 0.6) is 5.75 Å². The van der Waals surface area contributed by atoms with Gasteiger partial charge in [0, 0.05) is 6.42 Å². The topological polar surface area (TPSA) is 46.5 Å². The summed E-state index contributed by atoms with van der Waals surface area (Å²) in [6.07, 6.45) is -0.00329. The van der Waals surface area contributed by atoms with Gasteiger partial charge in [-0.1, -0.05) is 17.7 Å². The molecule has 0 heterocycles. The lowest BCUT2D eigenvalue weighted by Gasteiger charge is -2.11. The van der Waals surface area contributed by atoms with Gasteiger partial charge in [0.1, 0.15) is 0 Å². The zero-order chi connectivity index (χ0) is 12.3. The molecular formula is C11H12ClFO3. The maximum Gasteiger partial charge on any atom is 0.303 e. The first-order chi connectivity index (χ1) is 7.47. The van der Waals surface area contributed by atoms with Crippen LogP contribution in [0.4, 0.5) is 4.39 Å². The van der Waals surface area contributed by atoms with E-state index in [2.05, 4.69) is 0 Å². The second-order valence-electron chi connectivity index (χ2n) is 3.41. The molecule has 0 atom stereocenters. The maximum absolute atomic E-state index is 13.8. The Morgan fingerprint density at radius 1 is 1.62 bits per heavy atom. The lowest BCUT2D eigenvalue weighted by atomic mass is 10.1. The largest absolute Gasteiger partial charge is 0.492 e. The van der Waals surface area contributed by atoms with Crippen LogP contribution in [0.25, 0.3) is 0 Å². The first-order valence-electron chi connectivity index (χ1n) is 4.70. The Bertz CT molecular complexity index is 418. The molecule has 1 aromatic carbocycles. The second-order valence-corrected chi connectivity index (χ2v) is 3.79. The van der Waals surface area contributed by atoms with Gasteiger partial charge in [-0.05, 0) is 24.5 Å². The highest BCUT2D eigenvalue weighted by Gasteiger charge is 2.16. The minimum absolute atomic E-state index is 0.0259. The van der Waals surface area contributed by atoms with Crippen LogP contribution in [-0.4, -0.2) is 18.2 Å². The predicted octanol–water partition coefficient (Wildman–Crippen LogP) is 2.81. The molecular weight excluding hydrogens is 235 g/mol. The van der Waals surface area contributed by atoms with E-state index in [4.69, 9.17) is 21.4 Å². The Hall–Kier alpha value is -1.29. The van der Waals surface area contributed by atoms with Crippen LogP contribution < -0.4 is 4.74 Å². The normalized spacial score (nSPS) is 10.2. The number of benzene rings is 1. The van der Waals surface area contributed by atoms with E-state index in [0.717, 1.165) is 0 Å². The Kier molecular flexibility index (Phi) is 4.12. The van der Waals surface area contributed by atoms with E-state index in [1.807, 2.05) is 0 Å². The highest BCUT2D eigenvalue weighted by molar-refractivity contribution is 6.32. The summed E-state index contributed by atoms with van der Waals surface area (Å²) in [6, 6.07) is 1.54. The summed E-state index contributed by atoms with van der Waals surface area (Å²) in [7, 11) is 1.32. The monoisotopic (exact) mass is 246 g/mol. The molecule has 16 heavy (non-hydrogen) atoms. The van der Waals surface area contributed by atoms with Gasteiger partial charge >= 0.3 is 5.97 Å². The molecule has 88 valence electrons. The number of carboxylic acids is 1. The molecule has 0 radical (unpaired) electrons. The summed E-state index contributed by atoms with van der Waals surface area (Å²) in [5.74, 6) is -1.58. The van der Waals surface area contributed by atoms with Crippen molar-refractivity contribution in [2.45, 2.75) is 19.8 Å². The van der Waals surface area contributed by atoms with Crippen molar-refractivity contribution in [3.8, 4) is 5.75 Å². The first-order valence-corrected chi connectivity index (χ1v) is 5.08. The van der Waals surface area contributed by atoms with Gasteiger partial charge in [-0.3, -0.25) is 4.79 Å². The number of aryl methyl sites for hydroxylation is 2. The van der Waals surface area contributed by atoms with Crippen LogP contribution in [0, 0.1) is 12.7 Å². The number of hydrogen-bond donors (Lipinski definition) is 1. The van der Waals surface area contributed by atoms with Crippen LogP contribution in [0.1, 0.15) is 17.5 Å². The van der Waals surface area contributed by atoms with Crippen molar-refractivity contribution < 1.29 is 19.0 Å². The Balaban J connectivity index is 3.10. The molecule has 1 aromatic rings. The molecule has 1 N–H and O–H groups in total. The molecule has 0 fully saturated rings. The van der Waals surface area contributed by atoms with Gasteiger partial charge < -0.3 is 9.84 Å². The molecule has 0 aliphatic carbocycles. The highest BCUT2D eigenvalue weighted by atomic mass is 35.5. The van der Waals surface area contributed by atoms with Gasteiger partial charge in [0.05, 0.1) is 12.1 Å².